The Balaban J connectivity index is 1.48. The normalized spacial score (nSPS) is 17.1. The molecule has 1 aliphatic rings. The summed E-state index contributed by atoms with van der Waals surface area (Å²) in [5, 5.41) is 5.58. The second kappa shape index (κ2) is 12.1. The van der Waals surface area contributed by atoms with Crippen LogP contribution in [0.1, 0.15) is 57.0 Å². The Labute approximate surface area is 221 Å². The van der Waals surface area contributed by atoms with Crippen molar-refractivity contribution < 1.29 is 18.8 Å². The van der Waals surface area contributed by atoms with E-state index in [9.17, 15) is 18.8 Å². The molecule has 1 fully saturated rings. The van der Waals surface area contributed by atoms with Crippen LogP contribution in [0.25, 0.3) is 11.0 Å². The third kappa shape index (κ3) is 6.48. The van der Waals surface area contributed by atoms with Crippen LogP contribution in [0.15, 0.2) is 48.5 Å². The van der Waals surface area contributed by atoms with Gasteiger partial charge in [-0.1, -0.05) is 36.4 Å². The predicted molar refractivity (Wildman–Crippen MR) is 142 cm³/mol. The first-order chi connectivity index (χ1) is 18.2. The Morgan fingerprint density at radius 3 is 2.61 bits per heavy atom. The average Bonchev–Trinajstić information content (AvgIpc) is 3.35. The number of fused-ring (bicyclic) bond motifs is 1. The van der Waals surface area contributed by atoms with Gasteiger partial charge in [0.05, 0.1) is 18.0 Å². The molecule has 1 aliphatic heterocycles. The number of urea groups is 1. The van der Waals surface area contributed by atoms with E-state index in [0.717, 1.165) is 24.8 Å². The summed E-state index contributed by atoms with van der Waals surface area (Å²) in [4.78, 5) is 50.2. The van der Waals surface area contributed by atoms with E-state index >= 15 is 0 Å². The number of para-hydroxylation sites is 1. The molecule has 4 amide bonds. The van der Waals surface area contributed by atoms with E-state index < -0.39 is 29.8 Å². The number of halogens is 1. The van der Waals surface area contributed by atoms with Crippen LogP contribution in [0.5, 0.6) is 0 Å². The number of rotatable bonds is 8. The number of nitrogens with one attached hydrogen (secondary N) is 3. The fraction of sp³-hybridized carbons (Fsp3) is 0.429. The minimum absolute atomic E-state index is 0.0841. The largest absolute Gasteiger partial charge is 0.345 e. The molecule has 2 aromatic carbocycles. The maximum absolute atomic E-state index is 14.1. The molecule has 202 valence electrons. The van der Waals surface area contributed by atoms with Crippen molar-refractivity contribution >= 4 is 28.9 Å². The van der Waals surface area contributed by atoms with E-state index in [1.807, 2.05) is 37.3 Å². The van der Waals surface area contributed by atoms with E-state index in [1.165, 1.54) is 11.0 Å². The molecule has 4 rings (SSSR count). The lowest BCUT2D eigenvalue weighted by atomic mass is 10.0. The van der Waals surface area contributed by atoms with Gasteiger partial charge in [-0.15, -0.1) is 0 Å². The van der Waals surface area contributed by atoms with Gasteiger partial charge in [0.25, 0.3) is 0 Å². The summed E-state index contributed by atoms with van der Waals surface area (Å²) in [6.45, 7) is 4.69. The summed E-state index contributed by atoms with van der Waals surface area (Å²) >= 11 is 0. The van der Waals surface area contributed by atoms with Gasteiger partial charge in [0.15, 0.2) is 5.82 Å². The Kier molecular flexibility index (Phi) is 8.60. The first-order valence-corrected chi connectivity index (χ1v) is 13.0. The highest BCUT2D eigenvalue weighted by molar-refractivity contribution is 5.92. The third-order valence-corrected chi connectivity index (χ3v) is 6.98. The molecule has 2 unspecified atom stereocenters. The Morgan fingerprint density at radius 2 is 1.89 bits per heavy atom. The fourth-order valence-corrected chi connectivity index (χ4v) is 4.76. The highest BCUT2D eigenvalue weighted by Crippen LogP contribution is 2.20. The van der Waals surface area contributed by atoms with Gasteiger partial charge in [0.1, 0.15) is 17.4 Å². The van der Waals surface area contributed by atoms with Crippen molar-refractivity contribution in [3.05, 3.63) is 65.7 Å². The van der Waals surface area contributed by atoms with E-state index in [0.29, 0.717) is 24.4 Å². The summed E-state index contributed by atoms with van der Waals surface area (Å²) in [7, 11) is 1.64. The molecular formula is C28H35FN6O3. The molecule has 3 N–H and O–H groups in total. The molecule has 1 saturated heterocycles. The zero-order valence-corrected chi connectivity index (χ0v) is 22.0. The third-order valence-electron chi connectivity index (χ3n) is 6.98. The molecule has 1 aromatic heterocycles. The van der Waals surface area contributed by atoms with E-state index in [4.69, 9.17) is 0 Å². The van der Waals surface area contributed by atoms with E-state index in [1.54, 1.807) is 31.0 Å². The minimum Gasteiger partial charge on any atom is -0.345 e. The second-order valence-electron chi connectivity index (χ2n) is 9.97. The predicted octanol–water partition coefficient (Wildman–Crippen LogP) is 3.88. The molecule has 0 bridgehead atoms. The molecule has 2 heterocycles. The summed E-state index contributed by atoms with van der Waals surface area (Å²) < 4.78 is 14.1. The number of nitrogens with zero attached hydrogens (tertiary/aromatic N) is 3. The van der Waals surface area contributed by atoms with Gasteiger partial charge in [-0.2, -0.15) is 0 Å². The van der Waals surface area contributed by atoms with Crippen molar-refractivity contribution in [2.75, 3.05) is 13.6 Å². The van der Waals surface area contributed by atoms with Crippen LogP contribution in [0.4, 0.5) is 9.18 Å². The van der Waals surface area contributed by atoms with Crippen molar-refractivity contribution in [3.8, 4) is 0 Å². The van der Waals surface area contributed by atoms with Gasteiger partial charge in [0.2, 0.25) is 11.8 Å². The van der Waals surface area contributed by atoms with Crippen LogP contribution in [0.2, 0.25) is 0 Å². The molecule has 0 spiro atoms. The van der Waals surface area contributed by atoms with Crippen LogP contribution in [0, 0.1) is 5.82 Å². The number of benzene rings is 2. The van der Waals surface area contributed by atoms with Crippen molar-refractivity contribution in [2.45, 2.75) is 64.2 Å². The van der Waals surface area contributed by atoms with Gasteiger partial charge >= 0.3 is 6.03 Å². The molecule has 0 saturated carbocycles. The molecule has 9 nitrogen and oxygen atoms in total. The number of hydrogen-bond acceptors (Lipinski definition) is 4. The number of aromatic nitrogens is 2. The maximum Gasteiger partial charge on any atom is 0.318 e. The van der Waals surface area contributed by atoms with Crippen LogP contribution in [-0.2, 0) is 16.1 Å². The van der Waals surface area contributed by atoms with Crippen LogP contribution in [0.3, 0.4) is 0 Å². The summed E-state index contributed by atoms with van der Waals surface area (Å²) in [5.41, 5.74) is 1.64. The van der Waals surface area contributed by atoms with Gasteiger partial charge in [-0.3, -0.25) is 9.59 Å². The van der Waals surface area contributed by atoms with Crippen molar-refractivity contribution in [1.29, 1.82) is 0 Å². The number of carbonyl (C=O) groups is 3. The standard InChI is InChI=1S/C28H35FN6O3/c1-18-10-7-8-15-35(18)24(36)16-23(32-28(38)34(3)17-20-11-5-4-6-12-20)27(37)30-19(2)26-31-22-14-9-13-21(29)25(22)33-26/h4-6,9,11-14,18-19,23H,7-8,10,15-17H2,1-3H3,(H,30,37)(H,31,33)(H,32,38)/t18?,19-,23?/m0/s1. The lowest BCUT2D eigenvalue weighted by Gasteiger charge is -2.34. The number of piperidine rings is 1. The van der Waals surface area contributed by atoms with Crippen molar-refractivity contribution in [2.24, 2.45) is 0 Å². The SMILES string of the molecule is CC1CCCCN1C(=O)CC(NC(=O)N(C)Cc1ccccc1)C(=O)N[C@@H](C)c1nc2c(F)cccc2[nH]1. The molecule has 0 radical (unpaired) electrons. The number of imidazole rings is 1. The van der Waals surface area contributed by atoms with E-state index in [-0.39, 0.29) is 23.9 Å². The molecule has 3 atom stereocenters. The van der Waals surface area contributed by atoms with Crippen LogP contribution in [-0.4, -0.2) is 63.3 Å². The molecule has 3 aromatic rings. The summed E-state index contributed by atoms with van der Waals surface area (Å²) in [6, 6.07) is 12.0. The van der Waals surface area contributed by atoms with Gasteiger partial charge in [0, 0.05) is 26.2 Å². The number of aromatic amines is 1. The lowest BCUT2D eigenvalue weighted by Crippen LogP contribution is -2.53. The Bertz CT molecular complexity index is 1280. The zero-order valence-electron chi connectivity index (χ0n) is 22.0. The number of H-pyrrole nitrogens is 1. The van der Waals surface area contributed by atoms with Crippen molar-refractivity contribution in [1.82, 2.24) is 30.4 Å². The van der Waals surface area contributed by atoms with Crippen molar-refractivity contribution in [3.63, 3.8) is 0 Å². The van der Waals surface area contributed by atoms with Crippen LogP contribution >= 0.6 is 0 Å². The fourth-order valence-electron chi connectivity index (χ4n) is 4.76. The monoisotopic (exact) mass is 522 g/mol. The van der Waals surface area contributed by atoms with E-state index in [2.05, 4.69) is 20.6 Å². The summed E-state index contributed by atoms with van der Waals surface area (Å²) in [5.74, 6) is -0.781. The maximum atomic E-state index is 14.1. The molecule has 0 aliphatic carbocycles. The van der Waals surface area contributed by atoms with Crippen LogP contribution < -0.4 is 10.6 Å². The number of carbonyl (C=O) groups excluding carboxylic acids is 3. The van der Waals surface area contributed by atoms with Gasteiger partial charge in [-0.25, -0.2) is 14.2 Å². The number of hydrogen-bond donors (Lipinski definition) is 3. The Hall–Kier alpha value is -3.95. The highest BCUT2D eigenvalue weighted by atomic mass is 19.1. The Morgan fingerprint density at radius 1 is 1.13 bits per heavy atom. The number of amides is 4. The molecular weight excluding hydrogens is 487 g/mol. The zero-order chi connectivity index (χ0) is 27.2. The smallest absolute Gasteiger partial charge is 0.318 e. The topological polar surface area (TPSA) is 110 Å². The van der Waals surface area contributed by atoms with Gasteiger partial charge < -0.3 is 25.4 Å². The second-order valence-corrected chi connectivity index (χ2v) is 9.97. The first-order valence-electron chi connectivity index (χ1n) is 13.0. The van der Waals surface area contributed by atoms with Gasteiger partial charge in [-0.05, 0) is 50.8 Å². The number of likely N-dealkylation sites (tertiary alicyclic amines) is 1. The highest BCUT2D eigenvalue weighted by Gasteiger charge is 2.31. The molecule has 38 heavy (non-hydrogen) atoms. The molecule has 10 heteroatoms. The summed E-state index contributed by atoms with van der Waals surface area (Å²) in [6.07, 6.45) is 2.72. The average molecular weight is 523 g/mol. The first kappa shape index (κ1) is 27.1. The lowest BCUT2D eigenvalue weighted by molar-refractivity contribution is -0.137. The quantitative estimate of drug-likeness (QED) is 0.417. The minimum atomic E-state index is -1.09.